The van der Waals surface area contributed by atoms with Crippen molar-refractivity contribution in [3.8, 4) is 44.9 Å². The van der Waals surface area contributed by atoms with Crippen LogP contribution in [0.25, 0.3) is 33.4 Å². The zero-order valence-electron chi connectivity index (χ0n) is 24.8. The molecular weight excluding hydrogens is 583 g/mol. The molecular formula is C42H27NO2S. The maximum absolute atomic E-state index is 16.5. The van der Waals surface area contributed by atoms with Crippen LogP contribution in [0, 0.1) is 0 Å². The lowest BCUT2D eigenvalue weighted by Gasteiger charge is -2.38. The number of para-hydroxylation sites is 4. The Morgan fingerprint density at radius 2 is 0.848 bits per heavy atom. The van der Waals surface area contributed by atoms with Gasteiger partial charge in [-0.25, -0.2) is 0 Å². The molecule has 0 amide bonds. The summed E-state index contributed by atoms with van der Waals surface area (Å²) in [6.45, 7) is 0. The molecule has 3 nitrogen and oxygen atoms in total. The SMILES string of the molecule is O=S12(c3ccccc3-c3ccccc31)c1ccccc1-c1cc(-c3ccc(N4c5ccccc5Oc5ccccc54)cc3)ccc12. The molecule has 0 bridgehead atoms. The Kier molecular flexibility index (Phi) is 4.97. The van der Waals surface area contributed by atoms with Gasteiger partial charge in [0.2, 0.25) is 0 Å². The number of hydrogen-bond donors (Lipinski definition) is 0. The maximum Gasteiger partial charge on any atom is 0.151 e. The van der Waals surface area contributed by atoms with Crippen molar-refractivity contribution in [3.05, 3.63) is 164 Å². The molecule has 4 heteroatoms. The van der Waals surface area contributed by atoms with Crippen molar-refractivity contribution in [2.75, 3.05) is 4.90 Å². The van der Waals surface area contributed by atoms with E-state index in [1.807, 2.05) is 66.7 Å². The van der Waals surface area contributed by atoms with E-state index in [1.54, 1.807) is 0 Å². The number of benzene rings is 7. The van der Waals surface area contributed by atoms with Gasteiger partial charge in [-0.05, 0) is 100 Å². The second-order valence-electron chi connectivity index (χ2n) is 12.1. The first-order chi connectivity index (χ1) is 22.6. The highest BCUT2D eigenvalue weighted by atomic mass is 32.3. The maximum atomic E-state index is 16.5. The summed E-state index contributed by atoms with van der Waals surface area (Å²) in [6, 6.07) is 56.3. The van der Waals surface area contributed by atoms with Crippen molar-refractivity contribution in [3.63, 3.8) is 0 Å². The fourth-order valence-electron chi connectivity index (χ4n) is 7.84. The summed E-state index contributed by atoms with van der Waals surface area (Å²) in [4.78, 5) is 5.88. The molecule has 0 radical (unpaired) electrons. The number of ether oxygens (including phenoxy) is 1. The van der Waals surface area contributed by atoms with Gasteiger partial charge in [0.1, 0.15) is 0 Å². The van der Waals surface area contributed by atoms with Gasteiger partial charge in [0, 0.05) is 34.3 Å². The van der Waals surface area contributed by atoms with Gasteiger partial charge >= 0.3 is 0 Å². The van der Waals surface area contributed by atoms with Gasteiger partial charge in [0.15, 0.2) is 11.5 Å². The van der Waals surface area contributed by atoms with E-state index in [-0.39, 0.29) is 0 Å². The van der Waals surface area contributed by atoms with E-state index < -0.39 is 9.07 Å². The molecule has 0 atom stereocenters. The molecule has 0 N–H and O–H groups in total. The highest BCUT2D eigenvalue weighted by molar-refractivity contribution is 8.21. The van der Waals surface area contributed by atoms with Crippen LogP contribution >= 0.6 is 0 Å². The van der Waals surface area contributed by atoms with Crippen LogP contribution in [0.2, 0.25) is 0 Å². The van der Waals surface area contributed by atoms with Gasteiger partial charge < -0.3 is 9.64 Å². The molecule has 3 aliphatic heterocycles. The van der Waals surface area contributed by atoms with E-state index in [0.717, 1.165) is 81.5 Å². The molecule has 0 aliphatic carbocycles. The van der Waals surface area contributed by atoms with Crippen molar-refractivity contribution in [1.82, 2.24) is 0 Å². The van der Waals surface area contributed by atoms with Gasteiger partial charge in [-0.2, -0.15) is 0 Å². The summed E-state index contributed by atoms with van der Waals surface area (Å²) in [5, 5.41) is 0. The first-order valence-electron chi connectivity index (χ1n) is 15.5. The molecule has 7 aromatic rings. The van der Waals surface area contributed by atoms with Crippen LogP contribution in [0.4, 0.5) is 17.1 Å². The fourth-order valence-corrected chi connectivity index (χ4v) is 13.0. The van der Waals surface area contributed by atoms with E-state index >= 15 is 4.21 Å². The van der Waals surface area contributed by atoms with Crippen molar-refractivity contribution in [1.29, 1.82) is 0 Å². The average molecular weight is 610 g/mol. The number of nitrogens with zero attached hydrogens (tertiary/aromatic N) is 1. The number of hydrogen-bond acceptors (Lipinski definition) is 3. The summed E-state index contributed by atoms with van der Waals surface area (Å²) in [5.74, 6) is 1.67. The zero-order valence-corrected chi connectivity index (χ0v) is 25.6. The normalized spacial score (nSPS) is 16.1. The second kappa shape index (κ2) is 8.94. The Hall–Kier alpha value is -5.71. The highest BCUT2D eigenvalue weighted by Gasteiger charge is 2.57. The monoisotopic (exact) mass is 609 g/mol. The molecule has 3 aliphatic rings. The van der Waals surface area contributed by atoms with Crippen molar-refractivity contribution >= 4 is 26.1 Å². The molecule has 0 unspecified atom stereocenters. The topological polar surface area (TPSA) is 29.5 Å². The minimum Gasteiger partial charge on any atom is -0.453 e. The average Bonchev–Trinajstić information content (AvgIpc) is 3.51. The third kappa shape index (κ3) is 3.04. The molecule has 1 spiro atoms. The molecule has 7 aromatic carbocycles. The minimum absolute atomic E-state index is 0.835. The van der Waals surface area contributed by atoms with Gasteiger partial charge in [-0.1, -0.05) is 97.1 Å². The van der Waals surface area contributed by atoms with Gasteiger partial charge in [-0.3, -0.25) is 4.21 Å². The molecule has 0 aromatic heterocycles. The Bertz CT molecular complexity index is 2380. The fraction of sp³-hybridized carbons (Fsp3) is 0. The summed E-state index contributed by atoms with van der Waals surface area (Å²) in [6.07, 6.45) is 0. The minimum atomic E-state index is -3.81. The summed E-state index contributed by atoms with van der Waals surface area (Å²) < 4.78 is 22.7. The van der Waals surface area contributed by atoms with Crippen LogP contribution in [0.3, 0.4) is 0 Å². The van der Waals surface area contributed by atoms with E-state index in [4.69, 9.17) is 4.74 Å². The van der Waals surface area contributed by atoms with Gasteiger partial charge in [-0.15, -0.1) is 0 Å². The molecule has 3 heterocycles. The Labute approximate surface area is 267 Å². The summed E-state index contributed by atoms with van der Waals surface area (Å²) >= 11 is 0. The van der Waals surface area contributed by atoms with Crippen LogP contribution in [-0.4, -0.2) is 4.21 Å². The largest absolute Gasteiger partial charge is 0.453 e. The first kappa shape index (κ1) is 25.6. The van der Waals surface area contributed by atoms with Crippen molar-refractivity contribution < 1.29 is 8.95 Å². The first-order valence-corrected chi connectivity index (χ1v) is 17.5. The summed E-state index contributed by atoms with van der Waals surface area (Å²) in [7, 11) is -3.81. The Morgan fingerprint density at radius 3 is 1.41 bits per heavy atom. The standard InChI is InChI=1S/C42H27NO2S/c44-46(39-18-8-1-11-31(39)32-12-2-9-19-40(32)46)41-20-10-3-13-33(41)34-27-29(23-26-42(34)46)28-21-24-30(25-22-28)43-35-14-4-6-16-37(35)45-38-17-7-5-15-36(38)43/h1-27H. The molecule has 10 rings (SSSR count). The quantitative estimate of drug-likeness (QED) is 0.195. The summed E-state index contributed by atoms with van der Waals surface area (Å²) in [5.41, 5.74) is 9.47. The molecule has 218 valence electrons. The van der Waals surface area contributed by atoms with E-state index in [2.05, 4.69) is 102 Å². The lowest BCUT2D eigenvalue weighted by molar-refractivity contribution is 0.477. The molecule has 46 heavy (non-hydrogen) atoms. The molecule has 0 fully saturated rings. The lowest BCUT2D eigenvalue weighted by Crippen LogP contribution is -2.29. The van der Waals surface area contributed by atoms with Crippen LogP contribution in [0.5, 0.6) is 11.5 Å². The smallest absolute Gasteiger partial charge is 0.151 e. The highest BCUT2D eigenvalue weighted by Crippen LogP contribution is 2.71. The number of rotatable bonds is 2. The second-order valence-corrected chi connectivity index (χ2v) is 15.7. The number of fused-ring (bicyclic) bond motifs is 12. The Morgan fingerprint density at radius 1 is 0.413 bits per heavy atom. The number of anilines is 3. The van der Waals surface area contributed by atoms with Crippen LogP contribution < -0.4 is 9.64 Å². The molecule has 0 saturated heterocycles. The van der Waals surface area contributed by atoms with Crippen molar-refractivity contribution in [2.45, 2.75) is 19.6 Å². The Balaban J connectivity index is 1.14. The van der Waals surface area contributed by atoms with Crippen LogP contribution in [0.1, 0.15) is 0 Å². The van der Waals surface area contributed by atoms with Gasteiger partial charge in [0.25, 0.3) is 0 Å². The zero-order chi connectivity index (χ0) is 30.5. The van der Waals surface area contributed by atoms with Crippen molar-refractivity contribution in [2.24, 2.45) is 0 Å². The third-order valence-electron chi connectivity index (χ3n) is 9.79. The predicted octanol–water partition coefficient (Wildman–Crippen LogP) is 11.2. The predicted molar refractivity (Wildman–Crippen MR) is 185 cm³/mol. The van der Waals surface area contributed by atoms with Gasteiger partial charge in [0.05, 0.1) is 11.4 Å². The van der Waals surface area contributed by atoms with E-state index in [1.165, 1.54) is 0 Å². The van der Waals surface area contributed by atoms with Crippen LogP contribution in [-0.2, 0) is 9.07 Å². The lowest BCUT2D eigenvalue weighted by atomic mass is 9.99. The third-order valence-corrected chi connectivity index (χ3v) is 14.6. The van der Waals surface area contributed by atoms with E-state index in [9.17, 15) is 0 Å². The van der Waals surface area contributed by atoms with E-state index in [0.29, 0.717) is 0 Å². The van der Waals surface area contributed by atoms with Crippen LogP contribution in [0.15, 0.2) is 183 Å². The molecule has 0 saturated carbocycles.